The van der Waals surface area contributed by atoms with Crippen molar-refractivity contribution in [1.29, 1.82) is 0 Å². The highest BCUT2D eigenvalue weighted by Gasteiger charge is 2.29. The molecule has 0 radical (unpaired) electrons. The number of rotatable bonds is 6. The van der Waals surface area contributed by atoms with Crippen molar-refractivity contribution in [1.82, 2.24) is 19.3 Å². The van der Waals surface area contributed by atoms with Crippen LogP contribution in [0.25, 0.3) is 0 Å². The van der Waals surface area contributed by atoms with Gasteiger partial charge in [-0.3, -0.25) is 4.79 Å². The molecule has 4 rings (SSSR count). The van der Waals surface area contributed by atoms with E-state index >= 15 is 0 Å². The van der Waals surface area contributed by atoms with E-state index in [0.717, 1.165) is 5.56 Å². The van der Waals surface area contributed by atoms with Crippen LogP contribution in [0.3, 0.4) is 0 Å². The number of piperazine rings is 1. The number of carbonyl (C=O) groups excluding carboxylic acids is 1. The molecule has 1 aliphatic heterocycles. The van der Waals surface area contributed by atoms with Gasteiger partial charge in [-0.2, -0.15) is 4.31 Å². The average Bonchev–Trinajstić information content (AvgIpc) is 2.79. The number of ketones is 1. The van der Waals surface area contributed by atoms with Crippen LogP contribution < -0.4 is 10.2 Å². The predicted molar refractivity (Wildman–Crippen MR) is 122 cm³/mol. The molecule has 32 heavy (non-hydrogen) atoms. The number of nitrogens with zero attached hydrogens (tertiary/aromatic N) is 5. The van der Waals surface area contributed by atoms with Gasteiger partial charge in [0, 0.05) is 44.0 Å². The molecule has 3 heterocycles. The lowest BCUT2D eigenvalue weighted by Gasteiger charge is -2.34. The third kappa shape index (κ3) is 4.76. The Kier molecular flexibility index (Phi) is 6.15. The van der Waals surface area contributed by atoms with Gasteiger partial charge in [0.2, 0.25) is 10.0 Å². The van der Waals surface area contributed by atoms with E-state index < -0.39 is 10.0 Å². The number of carbonyl (C=O) groups is 1. The summed E-state index contributed by atoms with van der Waals surface area (Å²) in [5.74, 6) is 1.86. The summed E-state index contributed by atoms with van der Waals surface area (Å²) in [5.41, 5.74) is 1.47. The van der Waals surface area contributed by atoms with Crippen LogP contribution in [0.5, 0.6) is 0 Å². The number of Topliss-reactive ketones (excluding diaryl/α,β-unsaturated/α-hetero) is 1. The fraction of sp³-hybridized carbons (Fsp3) is 0.273. The SMILES string of the molecule is CC(=O)c1cccc(S(=O)(=O)N2CCN(c3cc(Nc4cc(C)ccn4)ncn3)CC2)c1. The molecule has 9 nitrogen and oxygen atoms in total. The van der Waals surface area contributed by atoms with E-state index in [0.29, 0.717) is 49.2 Å². The van der Waals surface area contributed by atoms with E-state index in [-0.39, 0.29) is 10.7 Å². The zero-order chi connectivity index (χ0) is 22.7. The molecular formula is C22H24N6O3S. The van der Waals surface area contributed by atoms with Gasteiger partial charge < -0.3 is 10.2 Å². The monoisotopic (exact) mass is 452 g/mol. The number of pyridine rings is 1. The summed E-state index contributed by atoms with van der Waals surface area (Å²) in [6.45, 7) is 5.03. The number of anilines is 3. The summed E-state index contributed by atoms with van der Waals surface area (Å²) in [5, 5.41) is 3.17. The van der Waals surface area contributed by atoms with E-state index in [1.54, 1.807) is 18.3 Å². The molecule has 1 saturated heterocycles. The second kappa shape index (κ2) is 9.01. The zero-order valence-electron chi connectivity index (χ0n) is 17.9. The zero-order valence-corrected chi connectivity index (χ0v) is 18.7. The lowest BCUT2D eigenvalue weighted by atomic mass is 10.2. The molecule has 0 amide bonds. The van der Waals surface area contributed by atoms with Crippen molar-refractivity contribution in [2.24, 2.45) is 0 Å². The molecule has 10 heteroatoms. The summed E-state index contributed by atoms with van der Waals surface area (Å²) in [6.07, 6.45) is 3.20. The van der Waals surface area contributed by atoms with Gasteiger partial charge in [0.1, 0.15) is 23.8 Å². The molecule has 2 aromatic heterocycles. The third-order valence-electron chi connectivity index (χ3n) is 5.27. The average molecular weight is 453 g/mol. The lowest BCUT2D eigenvalue weighted by molar-refractivity contribution is 0.101. The van der Waals surface area contributed by atoms with Crippen molar-refractivity contribution in [2.45, 2.75) is 18.7 Å². The normalized spacial score (nSPS) is 14.9. The second-order valence-corrected chi connectivity index (χ2v) is 9.52. The van der Waals surface area contributed by atoms with Gasteiger partial charge >= 0.3 is 0 Å². The molecule has 166 valence electrons. The Morgan fingerprint density at radius 1 is 0.969 bits per heavy atom. The summed E-state index contributed by atoms with van der Waals surface area (Å²) < 4.78 is 27.5. The van der Waals surface area contributed by atoms with Gasteiger partial charge in [0.05, 0.1) is 4.90 Å². The summed E-state index contributed by atoms with van der Waals surface area (Å²) in [6, 6.07) is 11.8. The lowest BCUT2D eigenvalue weighted by Crippen LogP contribution is -2.49. The first-order valence-corrected chi connectivity index (χ1v) is 11.6. The molecule has 0 aliphatic carbocycles. The van der Waals surface area contributed by atoms with E-state index in [1.165, 1.54) is 29.7 Å². The van der Waals surface area contributed by atoms with Crippen LogP contribution in [0.1, 0.15) is 22.8 Å². The Morgan fingerprint density at radius 2 is 1.72 bits per heavy atom. The molecule has 1 N–H and O–H groups in total. The number of hydrogen-bond donors (Lipinski definition) is 1. The minimum Gasteiger partial charge on any atom is -0.354 e. The number of nitrogens with one attached hydrogen (secondary N) is 1. The second-order valence-electron chi connectivity index (χ2n) is 7.58. The molecule has 0 saturated carbocycles. The van der Waals surface area contributed by atoms with Crippen LogP contribution in [0.2, 0.25) is 0 Å². The molecule has 1 aromatic carbocycles. The highest BCUT2D eigenvalue weighted by molar-refractivity contribution is 7.89. The Balaban J connectivity index is 1.44. The topological polar surface area (TPSA) is 108 Å². The number of benzene rings is 1. The minimum atomic E-state index is -3.68. The van der Waals surface area contributed by atoms with E-state index in [9.17, 15) is 13.2 Å². The third-order valence-corrected chi connectivity index (χ3v) is 7.16. The molecule has 1 aliphatic rings. The highest BCUT2D eigenvalue weighted by Crippen LogP contribution is 2.23. The van der Waals surface area contributed by atoms with Crippen molar-refractivity contribution >= 4 is 33.3 Å². The van der Waals surface area contributed by atoms with Gasteiger partial charge in [0.15, 0.2) is 5.78 Å². The molecule has 3 aromatic rings. The maximum Gasteiger partial charge on any atom is 0.243 e. The largest absolute Gasteiger partial charge is 0.354 e. The standard InChI is InChI=1S/C22H24N6O3S/c1-16-6-7-23-20(12-16)26-21-14-22(25-15-24-21)27-8-10-28(11-9-27)32(30,31)19-5-3-4-18(13-19)17(2)29/h3-7,12-15H,8-11H2,1-2H3,(H,23,24,25,26). The Hall–Kier alpha value is -3.37. The van der Waals surface area contributed by atoms with Crippen LogP contribution in [0, 0.1) is 6.92 Å². The molecule has 0 bridgehead atoms. The van der Waals surface area contributed by atoms with Gasteiger partial charge in [-0.15, -0.1) is 0 Å². The predicted octanol–water partition coefficient (Wildman–Crippen LogP) is 2.64. The van der Waals surface area contributed by atoms with E-state index in [1.807, 2.05) is 30.0 Å². The Labute approximate surface area is 187 Å². The Bertz CT molecular complexity index is 1240. The minimum absolute atomic E-state index is 0.137. The van der Waals surface area contributed by atoms with Gasteiger partial charge in [-0.25, -0.2) is 23.4 Å². The van der Waals surface area contributed by atoms with Crippen LogP contribution in [0.15, 0.2) is 59.9 Å². The smallest absolute Gasteiger partial charge is 0.243 e. The van der Waals surface area contributed by atoms with Crippen LogP contribution in [0.4, 0.5) is 17.5 Å². The van der Waals surface area contributed by atoms with Crippen LogP contribution >= 0.6 is 0 Å². The van der Waals surface area contributed by atoms with E-state index in [4.69, 9.17) is 0 Å². The van der Waals surface area contributed by atoms with Crippen molar-refractivity contribution in [3.8, 4) is 0 Å². The van der Waals surface area contributed by atoms with E-state index in [2.05, 4.69) is 20.3 Å². The first-order valence-electron chi connectivity index (χ1n) is 10.2. The summed E-state index contributed by atoms with van der Waals surface area (Å²) >= 11 is 0. The summed E-state index contributed by atoms with van der Waals surface area (Å²) in [4.78, 5) is 26.7. The van der Waals surface area contributed by atoms with Gasteiger partial charge in [-0.1, -0.05) is 12.1 Å². The number of sulfonamides is 1. The fourth-order valence-electron chi connectivity index (χ4n) is 3.51. The quantitative estimate of drug-likeness (QED) is 0.569. The number of aryl methyl sites for hydroxylation is 1. The molecule has 1 fully saturated rings. The molecule has 0 unspecified atom stereocenters. The van der Waals surface area contributed by atoms with Crippen LogP contribution in [-0.2, 0) is 10.0 Å². The maximum atomic E-state index is 13.0. The highest BCUT2D eigenvalue weighted by atomic mass is 32.2. The van der Waals surface area contributed by atoms with Gasteiger partial charge in [-0.05, 0) is 43.7 Å². The first-order chi connectivity index (χ1) is 15.3. The van der Waals surface area contributed by atoms with Gasteiger partial charge in [0.25, 0.3) is 0 Å². The van der Waals surface area contributed by atoms with Crippen molar-refractivity contribution < 1.29 is 13.2 Å². The molecule has 0 atom stereocenters. The fourth-order valence-corrected chi connectivity index (χ4v) is 4.97. The Morgan fingerprint density at radius 3 is 2.44 bits per heavy atom. The number of hydrogen-bond acceptors (Lipinski definition) is 8. The summed E-state index contributed by atoms with van der Waals surface area (Å²) in [7, 11) is -3.68. The number of aromatic nitrogens is 3. The van der Waals surface area contributed by atoms with Crippen molar-refractivity contribution in [3.05, 3.63) is 66.1 Å². The molecule has 0 spiro atoms. The molecular weight excluding hydrogens is 428 g/mol. The van der Waals surface area contributed by atoms with Crippen LogP contribution in [-0.4, -0.2) is 59.6 Å². The van der Waals surface area contributed by atoms with Crippen molar-refractivity contribution in [3.63, 3.8) is 0 Å². The van der Waals surface area contributed by atoms with Crippen molar-refractivity contribution in [2.75, 3.05) is 36.4 Å². The maximum absolute atomic E-state index is 13.0. The first kappa shape index (κ1) is 21.8.